The Hall–Kier alpha value is -1.91. The third-order valence-electron chi connectivity index (χ3n) is 3.26. The second-order valence-corrected chi connectivity index (χ2v) is 5.50. The number of ether oxygens (including phenoxy) is 1. The molecule has 1 heterocycles. The van der Waals surface area contributed by atoms with Crippen molar-refractivity contribution in [3.05, 3.63) is 54.1 Å². The molecule has 106 valence electrons. The van der Waals surface area contributed by atoms with E-state index in [1.807, 2.05) is 42.7 Å². The van der Waals surface area contributed by atoms with Crippen molar-refractivity contribution in [2.24, 2.45) is 0 Å². The summed E-state index contributed by atoms with van der Waals surface area (Å²) in [7, 11) is 1.70. The van der Waals surface area contributed by atoms with Gasteiger partial charge >= 0.3 is 0 Å². The maximum atomic E-state index is 5.20. The fourth-order valence-corrected chi connectivity index (χ4v) is 2.84. The smallest absolute Gasteiger partial charge is 0.161 e. The topological polar surface area (TPSA) is 35.0 Å². The predicted octanol–water partition coefficient (Wildman–Crippen LogP) is 4.17. The molecule has 0 aliphatic carbocycles. The first-order valence-corrected chi connectivity index (χ1v) is 7.93. The van der Waals surface area contributed by atoms with E-state index in [9.17, 15) is 0 Å². The number of methoxy groups -OCH3 is 1. The van der Waals surface area contributed by atoms with E-state index in [1.165, 1.54) is 0 Å². The minimum absolute atomic E-state index is 0.601. The minimum Gasteiger partial charge on any atom is -0.380 e. The number of rotatable bonds is 4. The van der Waals surface area contributed by atoms with Crippen LogP contribution in [0.15, 0.2) is 53.6 Å². The van der Waals surface area contributed by atoms with Gasteiger partial charge in [0.05, 0.1) is 12.1 Å². The summed E-state index contributed by atoms with van der Waals surface area (Å²) in [6, 6.07) is 16.3. The molecular weight excluding hydrogens is 280 g/mol. The van der Waals surface area contributed by atoms with Gasteiger partial charge in [0.2, 0.25) is 0 Å². The molecule has 3 rings (SSSR count). The molecule has 4 heteroatoms. The Bertz CT molecular complexity index is 759. The van der Waals surface area contributed by atoms with E-state index in [2.05, 4.69) is 12.1 Å². The fourth-order valence-electron chi connectivity index (χ4n) is 2.28. The van der Waals surface area contributed by atoms with Crippen molar-refractivity contribution in [3.8, 4) is 11.4 Å². The van der Waals surface area contributed by atoms with Crippen LogP contribution >= 0.6 is 11.8 Å². The molecule has 0 amide bonds. The van der Waals surface area contributed by atoms with Crippen LogP contribution in [0.5, 0.6) is 0 Å². The number of benzene rings is 2. The van der Waals surface area contributed by atoms with Crippen molar-refractivity contribution in [2.45, 2.75) is 11.6 Å². The van der Waals surface area contributed by atoms with Crippen molar-refractivity contribution in [2.75, 3.05) is 13.4 Å². The van der Waals surface area contributed by atoms with Crippen LogP contribution in [0.25, 0.3) is 22.3 Å². The molecule has 0 bridgehead atoms. The molecule has 0 aliphatic rings. The molecule has 3 nitrogen and oxygen atoms in total. The molecule has 0 saturated carbocycles. The van der Waals surface area contributed by atoms with Crippen LogP contribution in [0.3, 0.4) is 0 Å². The molecule has 0 unspecified atom stereocenters. The van der Waals surface area contributed by atoms with Gasteiger partial charge in [-0.2, -0.15) is 0 Å². The number of thioether (sulfide) groups is 1. The SMILES string of the molecule is COCc1ccc2nc(-c3ccccc3)nc(SC)c2c1. The van der Waals surface area contributed by atoms with Gasteiger partial charge in [-0.25, -0.2) is 9.97 Å². The highest BCUT2D eigenvalue weighted by molar-refractivity contribution is 7.98. The summed E-state index contributed by atoms with van der Waals surface area (Å²) in [5.41, 5.74) is 3.14. The maximum absolute atomic E-state index is 5.20. The standard InChI is InChI=1S/C17H16N2OS/c1-20-11-12-8-9-15-14(10-12)17(21-2)19-16(18-15)13-6-4-3-5-7-13/h3-10H,11H2,1-2H3. The summed E-state index contributed by atoms with van der Waals surface area (Å²) in [6.07, 6.45) is 2.04. The molecule has 0 spiro atoms. The third-order valence-corrected chi connectivity index (χ3v) is 3.96. The average Bonchev–Trinajstić information content (AvgIpc) is 2.55. The minimum atomic E-state index is 0.601. The van der Waals surface area contributed by atoms with E-state index in [0.717, 1.165) is 32.9 Å². The zero-order valence-corrected chi connectivity index (χ0v) is 12.9. The van der Waals surface area contributed by atoms with Gasteiger partial charge < -0.3 is 4.74 Å². The lowest BCUT2D eigenvalue weighted by molar-refractivity contribution is 0.185. The normalized spacial score (nSPS) is 11.0. The highest BCUT2D eigenvalue weighted by Crippen LogP contribution is 2.27. The first-order valence-electron chi connectivity index (χ1n) is 6.71. The molecule has 0 aliphatic heterocycles. The molecule has 21 heavy (non-hydrogen) atoms. The summed E-state index contributed by atoms with van der Waals surface area (Å²) in [4.78, 5) is 9.39. The lowest BCUT2D eigenvalue weighted by Crippen LogP contribution is -1.95. The number of aromatic nitrogens is 2. The molecule has 2 aromatic carbocycles. The number of hydrogen-bond acceptors (Lipinski definition) is 4. The molecule has 3 aromatic rings. The van der Waals surface area contributed by atoms with Crippen molar-refractivity contribution < 1.29 is 4.74 Å². The predicted molar refractivity (Wildman–Crippen MR) is 87.5 cm³/mol. The Morgan fingerprint density at radius 1 is 1.05 bits per heavy atom. The van der Waals surface area contributed by atoms with Crippen molar-refractivity contribution in [1.82, 2.24) is 9.97 Å². The first-order chi connectivity index (χ1) is 10.3. The highest BCUT2D eigenvalue weighted by Gasteiger charge is 2.09. The van der Waals surface area contributed by atoms with Gasteiger partial charge in [0, 0.05) is 18.1 Å². The summed E-state index contributed by atoms with van der Waals surface area (Å²) < 4.78 is 5.20. The zero-order valence-electron chi connectivity index (χ0n) is 12.0. The molecule has 1 aromatic heterocycles. The fraction of sp³-hybridized carbons (Fsp3) is 0.176. The van der Waals surface area contributed by atoms with E-state index in [4.69, 9.17) is 14.7 Å². The van der Waals surface area contributed by atoms with Gasteiger partial charge in [-0.3, -0.25) is 0 Å². The Balaban J connectivity index is 2.16. The van der Waals surface area contributed by atoms with Crippen LogP contribution in [0.4, 0.5) is 0 Å². The zero-order chi connectivity index (χ0) is 14.7. The average molecular weight is 296 g/mol. The van der Waals surface area contributed by atoms with Crippen LogP contribution in [0.2, 0.25) is 0 Å². The van der Waals surface area contributed by atoms with E-state index >= 15 is 0 Å². The van der Waals surface area contributed by atoms with Crippen LogP contribution < -0.4 is 0 Å². The van der Waals surface area contributed by atoms with E-state index in [1.54, 1.807) is 18.9 Å². The summed E-state index contributed by atoms with van der Waals surface area (Å²) in [5, 5.41) is 2.08. The van der Waals surface area contributed by atoms with Crippen LogP contribution in [-0.2, 0) is 11.3 Å². The summed E-state index contributed by atoms with van der Waals surface area (Å²) >= 11 is 1.64. The van der Waals surface area contributed by atoms with Gasteiger partial charge in [0.25, 0.3) is 0 Å². The number of nitrogens with zero attached hydrogens (tertiary/aromatic N) is 2. The molecule has 0 atom stereocenters. The van der Waals surface area contributed by atoms with Crippen molar-refractivity contribution in [3.63, 3.8) is 0 Å². The van der Waals surface area contributed by atoms with Gasteiger partial charge in [-0.05, 0) is 24.0 Å². The lowest BCUT2D eigenvalue weighted by Gasteiger charge is -2.08. The van der Waals surface area contributed by atoms with Crippen LogP contribution in [-0.4, -0.2) is 23.3 Å². The molecule has 0 fully saturated rings. The van der Waals surface area contributed by atoms with Crippen LogP contribution in [0.1, 0.15) is 5.56 Å². The van der Waals surface area contributed by atoms with Crippen molar-refractivity contribution >= 4 is 22.7 Å². The molecule has 0 radical (unpaired) electrons. The second kappa shape index (κ2) is 6.24. The van der Waals surface area contributed by atoms with Gasteiger partial charge in [-0.1, -0.05) is 36.4 Å². The number of fused-ring (bicyclic) bond motifs is 1. The summed E-state index contributed by atoms with van der Waals surface area (Å²) in [6.45, 7) is 0.601. The third kappa shape index (κ3) is 2.91. The lowest BCUT2D eigenvalue weighted by atomic mass is 10.1. The molecular formula is C17H16N2OS. The van der Waals surface area contributed by atoms with Crippen LogP contribution in [0, 0.1) is 0 Å². The summed E-state index contributed by atoms with van der Waals surface area (Å²) in [5.74, 6) is 0.770. The van der Waals surface area contributed by atoms with Gasteiger partial charge in [0.1, 0.15) is 5.03 Å². The maximum Gasteiger partial charge on any atom is 0.161 e. The van der Waals surface area contributed by atoms with E-state index in [0.29, 0.717) is 6.61 Å². The second-order valence-electron chi connectivity index (χ2n) is 4.71. The Kier molecular flexibility index (Phi) is 4.18. The van der Waals surface area contributed by atoms with E-state index in [-0.39, 0.29) is 0 Å². The monoisotopic (exact) mass is 296 g/mol. The Morgan fingerprint density at radius 3 is 2.57 bits per heavy atom. The quantitative estimate of drug-likeness (QED) is 0.535. The molecule has 0 N–H and O–H groups in total. The van der Waals surface area contributed by atoms with Gasteiger partial charge in [-0.15, -0.1) is 11.8 Å². The van der Waals surface area contributed by atoms with Crippen molar-refractivity contribution in [1.29, 1.82) is 0 Å². The first kappa shape index (κ1) is 14.0. The molecule has 0 saturated heterocycles. The Labute approximate surface area is 128 Å². The number of hydrogen-bond donors (Lipinski definition) is 0. The van der Waals surface area contributed by atoms with Gasteiger partial charge in [0.15, 0.2) is 5.82 Å². The highest BCUT2D eigenvalue weighted by atomic mass is 32.2. The van der Waals surface area contributed by atoms with E-state index < -0.39 is 0 Å². The largest absolute Gasteiger partial charge is 0.380 e. The Morgan fingerprint density at radius 2 is 1.86 bits per heavy atom.